The van der Waals surface area contributed by atoms with Crippen molar-refractivity contribution in [3.8, 4) is 5.75 Å². The summed E-state index contributed by atoms with van der Waals surface area (Å²) in [5.74, 6) is -2.27. The van der Waals surface area contributed by atoms with Crippen molar-refractivity contribution in [1.29, 1.82) is 0 Å². The molecule has 1 aromatic heterocycles. The predicted octanol–water partition coefficient (Wildman–Crippen LogP) is 0.553. The van der Waals surface area contributed by atoms with Gasteiger partial charge in [-0.25, -0.2) is 4.98 Å². The third kappa shape index (κ3) is 1.91. The molecule has 0 aliphatic rings. The summed E-state index contributed by atoms with van der Waals surface area (Å²) < 4.78 is 12.4. The van der Waals surface area contributed by atoms with Crippen molar-refractivity contribution in [3.63, 3.8) is 0 Å². The Labute approximate surface area is 67.3 Å². The lowest BCUT2D eigenvalue weighted by Crippen LogP contribution is -2.03. The van der Waals surface area contributed by atoms with Crippen LogP contribution in [0.5, 0.6) is 5.75 Å². The number of rotatable bonds is 2. The van der Waals surface area contributed by atoms with Gasteiger partial charge in [0.1, 0.15) is 5.75 Å². The number of halogens is 1. The van der Waals surface area contributed by atoms with Gasteiger partial charge in [0.05, 0.1) is 12.1 Å². The summed E-state index contributed by atoms with van der Waals surface area (Å²) in [7, 11) is 0. The average Bonchev–Trinajstić information content (AvgIpc) is 1.96. The number of nitrogens with zero attached hydrogens (tertiary/aromatic N) is 1. The van der Waals surface area contributed by atoms with Crippen LogP contribution in [-0.2, 0) is 11.2 Å². The number of carboxylic acids is 1. The van der Waals surface area contributed by atoms with Crippen LogP contribution < -0.4 is 0 Å². The summed E-state index contributed by atoms with van der Waals surface area (Å²) in [6, 6.07) is 2.03. The molecule has 1 heterocycles. The van der Waals surface area contributed by atoms with E-state index in [1.54, 1.807) is 0 Å². The molecular weight excluding hydrogens is 165 g/mol. The smallest absolute Gasteiger partial charge is 0.309 e. The van der Waals surface area contributed by atoms with E-state index in [1.165, 1.54) is 0 Å². The van der Waals surface area contributed by atoms with Gasteiger partial charge in [0.25, 0.3) is 0 Å². The minimum Gasteiger partial charge on any atom is -0.506 e. The maximum Gasteiger partial charge on any atom is 0.309 e. The number of pyridine rings is 1. The molecule has 4 nitrogen and oxygen atoms in total. The monoisotopic (exact) mass is 171 g/mol. The van der Waals surface area contributed by atoms with Crippen LogP contribution in [0.4, 0.5) is 4.39 Å². The molecule has 5 heteroatoms. The molecule has 0 radical (unpaired) electrons. The second-order valence-corrected chi connectivity index (χ2v) is 2.17. The summed E-state index contributed by atoms with van der Waals surface area (Å²) in [6.45, 7) is 0. The van der Waals surface area contributed by atoms with Gasteiger partial charge in [-0.05, 0) is 12.1 Å². The van der Waals surface area contributed by atoms with Gasteiger partial charge in [-0.2, -0.15) is 4.39 Å². The maximum absolute atomic E-state index is 12.4. The summed E-state index contributed by atoms with van der Waals surface area (Å²) in [6.07, 6.45) is -0.483. The van der Waals surface area contributed by atoms with Crippen LogP contribution in [-0.4, -0.2) is 21.2 Å². The van der Waals surface area contributed by atoms with Gasteiger partial charge in [-0.1, -0.05) is 0 Å². The zero-order valence-electron chi connectivity index (χ0n) is 5.99. The van der Waals surface area contributed by atoms with E-state index in [1.807, 2.05) is 0 Å². The third-order valence-electron chi connectivity index (χ3n) is 1.23. The third-order valence-corrected chi connectivity index (χ3v) is 1.23. The Morgan fingerprint density at radius 1 is 1.58 bits per heavy atom. The Morgan fingerprint density at radius 3 is 2.83 bits per heavy atom. The molecule has 12 heavy (non-hydrogen) atoms. The fraction of sp³-hybridized carbons (Fsp3) is 0.143. The van der Waals surface area contributed by atoms with E-state index in [0.29, 0.717) is 0 Å². The molecule has 0 saturated carbocycles. The first-order chi connectivity index (χ1) is 5.59. The van der Waals surface area contributed by atoms with Crippen LogP contribution in [0.15, 0.2) is 12.1 Å². The highest BCUT2D eigenvalue weighted by atomic mass is 19.1. The van der Waals surface area contributed by atoms with Crippen molar-refractivity contribution < 1.29 is 19.4 Å². The Bertz CT molecular complexity index is 314. The highest BCUT2D eigenvalue weighted by molar-refractivity contribution is 5.70. The normalized spacial score (nSPS) is 9.75. The van der Waals surface area contributed by atoms with E-state index in [9.17, 15) is 9.18 Å². The SMILES string of the molecule is O=C(O)Cc1nc(F)ccc1O. The second-order valence-electron chi connectivity index (χ2n) is 2.17. The quantitative estimate of drug-likeness (QED) is 0.637. The number of hydrogen-bond acceptors (Lipinski definition) is 3. The van der Waals surface area contributed by atoms with Crippen LogP contribution in [0.1, 0.15) is 5.69 Å². The molecule has 0 amide bonds. The Balaban J connectivity index is 2.97. The molecule has 0 aromatic carbocycles. The highest BCUT2D eigenvalue weighted by Gasteiger charge is 2.08. The maximum atomic E-state index is 12.4. The van der Waals surface area contributed by atoms with E-state index in [0.717, 1.165) is 12.1 Å². The number of aliphatic carboxylic acids is 1. The van der Waals surface area contributed by atoms with Gasteiger partial charge in [0, 0.05) is 0 Å². The Hall–Kier alpha value is -1.65. The molecule has 0 unspecified atom stereocenters. The first-order valence-electron chi connectivity index (χ1n) is 3.16. The Kier molecular flexibility index (Phi) is 2.23. The fourth-order valence-electron chi connectivity index (χ4n) is 0.741. The van der Waals surface area contributed by atoms with Crippen molar-refractivity contribution in [2.45, 2.75) is 6.42 Å². The summed E-state index contributed by atoms with van der Waals surface area (Å²) >= 11 is 0. The largest absolute Gasteiger partial charge is 0.506 e. The molecule has 0 fully saturated rings. The average molecular weight is 171 g/mol. The first kappa shape index (κ1) is 8.45. The molecule has 64 valence electrons. The van der Waals surface area contributed by atoms with Crippen LogP contribution >= 0.6 is 0 Å². The van der Waals surface area contributed by atoms with Gasteiger partial charge in [-0.3, -0.25) is 4.79 Å². The predicted molar refractivity (Wildman–Crippen MR) is 37.2 cm³/mol. The van der Waals surface area contributed by atoms with Gasteiger partial charge >= 0.3 is 5.97 Å². The lowest BCUT2D eigenvalue weighted by Gasteiger charge is -1.98. The van der Waals surface area contributed by atoms with Crippen molar-refractivity contribution in [2.75, 3.05) is 0 Å². The minimum absolute atomic E-state index is 0.164. The second kappa shape index (κ2) is 3.17. The van der Waals surface area contributed by atoms with E-state index >= 15 is 0 Å². The van der Waals surface area contributed by atoms with Crippen LogP contribution in [0.25, 0.3) is 0 Å². The van der Waals surface area contributed by atoms with E-state index in [2.05, 4.69) is 4.98 Å². The van der Waals surface area contributed by atoms with Gasteiger partial charge in [0.2, 0.25) is 5.95 Å². The summed E-state index contributed by atoms with van der Waals surface area (Å²) in [5.41, 5.74) is -0.164. The van der Waals surface area contributed by atoms with E-state index in [4.69, 9.17) is 10.2 Å². The van der Waals surface area contributed by atoms with Crippen LogP contribution in [0.3, 0.4) is 0 Å². The fourth-order valence-corrected chi connectivity index (χ4v) is 0.741. The molecule has 2 N–H and O–H groups in total. The van der Waals surface area contributed by atoms with Gasteiger partial charge < -0.3 is 10.2 Å². The summed E-state index contributed by atoms with van der Waals surface area (Å²) in [4.78, 5) is 13.4. The molecule has 1 aromatic rings. The summed E-state index contributed by atoms with van der Waals surface area (Å²) in [5, 5.41) is 17.3. The zero-order chi connectivity index (χ0) is 9.14. The molecule has 0 aliphatic carbocycles. The molecular formula is C7H6FNO3. The van der Waals surface area contributed by atoms with Crippen molar-refractivity contribution >= 4 is 5.97 Å². The molecule has 0 saturated heterocycles. The first-order valence-corrected chi connectivity index (χ1v) is 3.16. The number of aromatic nitrogens is 1. The lowest BCUT2D eigenvalue weighted by molar-refractivity contribution is -0.136. The number of carboxylic acid groups (broad SMARTS) is 1. The van der Waals surface area contributed by atoms with Crippen molar-refractivity contribution in [3.05, 3.63) is 23.8 Å². The Morgan fingerprint density at radius 2 is 2.25 bits per heavy atom. The van der Waals surface area contributed by atoms with Crippen LogP contribution in [0, 0.1) is 5.95 Å². The van der Waals surface area contributed by atoms with E-state index in [-0.39, 0.29) is 11.4 Å². The topological polar surface area (TPSA) is 70.4 Å². The lowest BCUT2D eigenvalue weighted by atomic mass is 10.2. The van der Waals surface area contributed by atoms with Crippen molar-refractivity contribution in [1.82, 2.24) is 4.98 Å². The number of aromatic hydroxyl groups is 1. The zero-order valence-corrected chi connectivity index (χ0v) is 5.99. The molecule has 0 spiro atoms. The van der Waals surface area contributed by atoms with Gasteiger partial charge in [0.15, 0.2) is 0 Å². The number of hydrogen-bond donors (Lipinski definition) is 2. The molecule has 1 rings (SSSR count). The standard InChI is InChI=1S/C7H6FNO3/c8-6-2-1-5(10)4(9-6)3-7(11)12/h1-2,10H,3H2,(H,11,12). The van der Waals surface area contributed by atoms with Crippen molar-refractivity contribution in [2.24, 2.45) is 0 Å². The number of carbonyl (C=O) groups is 1. The molecule has 0 atom stereocenters. The van der Waals surface area contributed by atoms with E-state index < -0.39 is 18.3 Å². The molecule has 0 aliphatic heterocycles. The molecule has 0 bridgehead atoms. The van der Waals surface area contributed by atoms with Crippen LogP contribution in [0.2, 0.25) is 0 Å². The van der Waals surface area contributed by atoms with Gasteiger partial charge in [-0.15, -0.1) is 0 Å². The minimum atomic E-state index is -1.16. The highest BCUT2D eigenvalue weighted by Crippen LogP contribution is 2.14.